The molecule has 6 heteroatoms. The minimum Gasteiger partial charge on any atom is -0.456 e. The first-order chi connectivity index (χ1) is 7.63. The van der Waals surface area contributed by atoms with Crippen molar-refractivity contribution in [2.75, 3.05) is 5.73 Å². The van der Waals surface area contributed by atoms with Gasteiger partial charge in [-0.05, 0) is 26.8 Å². The lowest BCUT2D eigenvalue weighted by Crippen LogP contribution is -2.25. The molecule has 3 nitrogen and oxygen atoms in total. The molecule has 0 atom stereocenters. The molecule has 0 aromatic heterocycles. The molecule has 1 rings (SSSR count). The van der Waals surface area contributed by atoms with Gasteiger partial charge in [0.05, 0.1) is 11.3 Å². The van der Waals surface area contributed by atoms with Crippen molar-refractivity contribution in [3.63, 3.8) is 0 Å². The monoisotopic (exact) mass is 247 g/mol. The van der Waals surface area contributed by atoms with Crippen LogP contribution in [0.15, 0.2) is 6.07 Å². The van der Waals surface area contributed by atoms with Crippen molar-refractivity contribution < 1.29 is 22.7 Å². The third kappa shape index (κ3) is 2.89. The molecule has 0 radical (unpaired) electrons. The molecule has 17 heavy (non-hydrogen) atoms. The Bertz CT molecular complexity index is 467. The van der Waals surface area contributed by atoms with Crippen molar-refractivity contribution in [2.24, 2.45) is 0 Å². The van der Waals surface area contributed by atoms with Gasteiger partial charge in [0, 0.05) is 0 Å². The van der Waals surface area contributed by atoms with Crippen LogP contribution in [0.1, 0.15) is 31.1 Å². The van der Waals surface area contributed by atoms with Gasteiger partial charge in [0.25, 0.3) is 0 Å². The maximum absolute atomic E-state index is 13.1. The van der Waals surface area contributed by atoms with Gasteiger partial charge in [0.15, 0.2) is 17.5 Å². The van der Waals surface area contributed by atoms with E-state index in [2.05, 4.69) is 0 Å². The third-order valence-electron chi connectivity index (χ3n) is 1.82. The number of benzene rings is 1. The Hall–Kier alpha value is -1.72. The molecule has 0 fully saturated rings. The predicted molar refractivity (Wildman–Crippen MR) is 55.9 cm³/mol. The Morgan fingerprint density at radius 1 is 1.24 bits per heavy atom. The summed E-state index contributed by atoms with van der Waals surface area (Å²) in [7, 11) is 0. The fourth-order valence-electron chi connectivity index (χ4n) is 1.11. The second kappa shape index (κ2) is 4.27. The van der Waals surface area contributed by atoms with Crippen LogP contribution in [0.4, 0.5) is 18.9 Å². The molecule has 0 amide bonds. The Kier molecular flexibility index (Phi) is 3.35. The van der Waals surface area contributed by atoms with Crippen molar-refractivity contribution in [2.45, 2.75) is 26.4 Å². The summed E-state index contributed by atoms with van der Waals surface area (Å²) in [6, 6.07) is 0.516. The molecule has 0 saturated heterocycles. The van der Waals surface area contributed by atoms with Gasteiger partial charge in [-0.25, -0.2) is 18.0 Å². The second-order valence-electron chi connectivity index (χ2n) is 4.45. The number of carbonyl (C=O) groups is 1. The summed E-state index contributed by atoms with van der Waals surface area (Å²) < 4.78 is 43.7. The van der Waals surface area contributed by atoms with Gasteiger partial charge >= 0.3 is 5.97 Å². The third-order valence-corrected chi connectivity index (χ3v) is 1.82. The average molecular weight is 247 g/mol. The van der Waals surface area contributed by atoms with Gasteiger partial charge in [-0.15, -0.1) is 0 Å². The molecule has 0 aliphatic heterocycles. The number of rotatable bonds is 1. The van der Waals surface area contributed by atoms with Crippen LogP contribution in [-0.2, 0) is 4.74 Å². The lowest BCUT2D eigenvalue weighted by molar-refractivity contribution is 0.00697. The van der Waals surface area contributed by atoms with Gasteiger partial charge < -0.3 is 10.5 Å². The summed E-state index contributed by atoms with van der Waals surface area (Å²) in [6.07, 6.45) is 0. The first kappa shape index (κ1) is 13.3. The molecule has 0 spiro atoms. The second-order valence-corrected chi connectivity index (χ2v) is 4.45. The number of carbonyl (C=O) groups excluding carboxylic acids is 1. The van der Waals surface area contributed by atoms with Gasteiger partial charge in [0.1, 0.15) is 5.60 Å². The molecule has 0 saturated carbocycles. The van der Waals surface area contributed by atoms with Crippen LogP contribution in [0, 0.1) is 17.5 Å². The SMILES string of the molecule is CC(C)(C)OC(=O)c1cc(F)c(F)c(F)c1N. The fraction of sp³-hybridized carbons (Fsp3) is 0.364. The quantitative estimate of drug-likeness (QED) is 0.471. The number of nitrogen functional groups attached to an aromatic ring is 1. The van der Waals surface area contributed by atoms with Crippen LogP contribution < -0.4 is 5.73 Å². The van der Waals surface area contributed by atoms with E-state index in [-0.39, 0.29) is 0 Å². The molecular weight excluding hydrogens is 235 g/mol. The summed E-state index contributed by atoms with van der Waals surface area (Å²) in [5.74, 6) is -5.80. The van der Waals surface area contributed by atoms with Crippen molar-refractivity contribution >= 4 is 11.7 Å². The summed E-state index contributed by atoms with van der Waals surface area (Å²) in [5, 5.41) is 0. The van der Waals surface area contributed by atoms with E-state index in [0.29, 0.717) is 6.07 Å². The van der Waals surface area contributed by atoms with Crippen molar-refractivity contribution in [3.05, 3.63) is 29.1 Å². The number of anilines is 1. The van der Waals surface area contributed by atoms with E-state index in [4.69, 9.17) is 10.5 Å². The van der Waals surface area contributed by atoms with Crippen LogP contribution >= 0.6 is 0 Å². The van der Waals surface area contributed by atoms with Crippen LogP contribution in [0.5, 0.6) is 0 Å². The Balaban J connectivity index is 3.20. The Labute approximate surface area is 96.4 Å². The Morgan fingerprint density at radius 3 is 2.24 bits per heavy atom. The molecule has 2 N–H and O–H groups in total. The normalized spacial score (nSPS) is 11.4. The highest BCUT2D eigenvalue weighted by molar-refractivity contribution is 5.95. The number of halogens is 3. The molecule has 0 heterocycles. The van der Waals surface area contributed by atoms with Crippen molar-refractivity contribution in [3.8, 4) is 0 Å². The topological polar surface area (TPSA) is 52.3 Å². The molecule has 0 unspecified atom stereocenters. The maximum Gasteiger partial charge on any atom is 0.340 e. The number of esters is 1. The smallest absolute Gasteiger partial charge is 0.340 e. The van der Waals surface area contributed by atoms with Gasteiger partial charge in [-0.3, -0.25) is 0 Å². The molecule has 0 bridgehead atoms. The zero-order chi connectivity index (χ0) is 13.4. The molecule has 0 aliphatic carbocycles. The number of hydrogen-bond acceptors (Lipinski definition) is 3. The van der Waals surface area contributed by atoms with E-state index in [1.54, 1.807) is 20.8 Å². The minimum atomic E-state index is -1.71. The molecular formula is C11H12F3NO2. The van der Waals surface area contributed by atoms with Gasteiger partial charge in [-0.1, -0.05) is 0 Å². The standard InChI is InChI=1S/C11H12F3NO2/c1-11(2,3)17-10(16)5-4-6(12)7(13)8(14)9(5)15/h4H,15H2,1-3H3. The van der Waals surface area contributed by atoms with E-state index in [1.165, 1.54) is 0 Å². The zero-order valence-corrected chi connectivity index (χ0v) is 9.61. The maximum atomic E-state index is 13.1. The van der Waals surface area contributed by atoms with E-state index in [0.717, 1.165) is 0 Å². The lowest BCUT2D eigenvalue weighted by atomic mass is 10.1. The molecule has 1 aromatic carbocycles. The number of nitrogens with two attached hydrogens (primary N) is 1. The predicted octanol–water partition coefficient (Wildman–Crippen LogP) is 2.64. The minimum absolute atomic E-state index is 0.516. The van der Waals surface area contributed by atoms with Gasteiger partial charge in [-0.2, -0.15) is 0 Å². The summed E-state index contributed by atoms with van der Waals surface area (Å²) in [4.78, 5) is 11.5. The van der Waals surface area contributed by atoms with Crippen molar-refractivity contribution in [1.29, 1.82) is 0 Å². The first-order valence-electron chi connectivity index (χ1n) is 4.80. The van der Waals surface area contributed by atoms with Crippen molar-refractivity contribution in [1.82, 2.24) is 0 Å². The fourth-order valence-corrected chi connectivity index (χ4v) is 1.11. The van der Waals surface area contributed by atoms with Crippen LogP contribution in [0.25, 0.3) is 0 Å². The highest BCUT2D eigenvalue weighted by Gasteiger charge is 2.24. The highest BCUT2D eigenvalue weighted by Crippen LogP contribution is 2.24. The van der Waals surface area contributed by atoms with Crippen LogP contribution in [-0.4, -0.2) is 11.6 Å². The highest BCUT2D eigenvalue weighted by atomic mass is 19.2. The molecule has 94 valence electrons. The first-order valence-corrected chi connectivity index (χ1v) is 4.80. The lowest BCUT2D eigenvalue weighted by Gasteiger charge is -2.20. The van der Waals surface area contributed by atoms with Crippen LogP contribution in [0.2, 0.25) is 0 Å². The van der Waals surface area contributed by atoms with E-state index in [1.807, 2.05) is 0 Å². The zero-order valence-electron chi connectivity index (χ0n) is 9.61. The van der Waals surface area contributed by atoms with Gasteiger partial charge in [0.2, 0.25) is 0 Å². The molecule has 0 aliphatic rings. The number of hydrogen-bond donors (Lipinski definition) is 1. The molecule has 1 aromatic rings. The van der Waals surface area contributed by atoms with E-state index in [9.17, 15) is 18.0 Å². The Morgan fingerprint density at radius 2 is 1.76 bits per heavy atom. The van der Waals surface area contributed by atoms with E-state index < -0.39 is 40.3 Å². The largest absolute Gasteiger partial charge is 0.456 e. The summed E-state index contributed by atoms with van der Waals surface area (Å²) >= 11 is 0. The van der Waals surface area contributed by atoms with Crippen LogP contribution in [0.3, 0.4) is 0 Å². The number of ether oxygens (including phenoxy) is 1. The average Bonchev–Trinajstić information content (AvgIpc) is 2.17. The summed E-state index contributed by atoms with van der Waals surface area (Å²) in [6.45, 7) is 4.74. The van der Waals surface area contributed by atoms with E-state index >= 15 is 0 Å². The summed E-state index contributed by atoms with van der Waals surface area (Å²) in [5.41, 5.74) is 3.05.